The van der Waals surface area contributed by atoms with E-state index < -0.39 is 0 Å². The summed E-state index contributed by atoms with van der Waals surface area (Å²) in [6.45, 7) is 4.95. The molecule has 0 radical (unpaired) electrons. The van der Waals surface area contributed by atoms with Gasteiger partial charge in [0, 0.05) is 31.7 Å². The molecule has 0 spiro atoms. The molecule has 1 aliphatic carbocycles. The highest BCUT2D eigenvalue weighted by atomic mass is 35.5. The van der Waals surface area contributed by atoms with Gasteiger partial charge in [-0.2, -0.15) is 0 Å². The Morgan fingerprint density at radius 3 is 2.03 bits per heavy atom. The Kier molecular flexibility index (Phi) is 8.58. The molecule has 0 saturated carbocycles. The van der Waals surface area contributed by atoms with Gasteiger partial charge in [0.25, 0.3) is 0 Å². The number of carbonyl (C=O) groups excluding carboxylic acids is 1. The van der Waals surface area contributed by atoms with Crippen LogP contribution in [0.5, 0.6) is 0 Å². The molecule has 1 fully saturated rings. The van der Waals surface area contributed by atoms with E-state index in [1.807, 2.05) is 19.1 Å². The summed E-state index contributed by atoms with van der Waals surface area (Å²) in [6, 6.07) is 25.6. The average molecular weight is 497 g/mol. The van der Waals surface area contributed by atoms with Crippen LogP contribution >= 0.6 is 12.4 Å². The highest BCUT2D eigenvalue weighted by molar-refractivity contribution is 5.95. The van der Waals surface area contributed by atoms with E-state index in [9.17, 15) is 4.79 Å². The van der Waals surface area contributed by atoms with Crippen molar-refractivity contribution in [1.82, 2.24) is 4.90 Å². The fourth-order valence-electron chi connectivity index (χ4n) is 4.97. The minimum atomic E-state index is 0. The molecule has 36 heavy (non-hydrogen) atoms. The standard InChI is InChI=1S/C32H32N2O.ClH/c1-2-31(35)33-28-17-13-24(14-18-28)8-7-21-34-22-19-27(20-23-34)32-29-11-5-3-9-25(29)15-16-26-10-4-6-12-30(26)32;/h3-18H,2,19-23H2,1H3,(H,33,35);1H. The van der Waals surface area contributed by atoms with Crippen molar-refractivity contribution < 1.29 is 4.79 Å². The zero-order valence-corrected chi connectivity index (χ0v) is 21.6. The number of nitrogens with one attached hydrogen (secondary N) is 1. The van der Waals surface area contributed by atoms with E-state index in [4.69, 9.17) is 0 Å². The number of piperidine rings is 1. The molecule has 2 aliphatic rings. The maximum absolute atomic E-state index is 11.5. The first-order chi connectivity index (χ1) is 17.2. The van der Waals surface area contributed by atoms with Crippen LogP contribution in [0, 0.1) is 0 Å². The number of carbonyl (C=O) groups is 1. The Morgan fingerprint density at radius 1 is 0.861 bits per heavy atom. The van der Waals surface area contributed by atoms with Gasteiger partial charge in [-0.3, -0.25) is 9.69 Å². The largest absolute Gasteiger partial charge is 0.326 e. The fraction of sp³-hybridized carbons (Fsp3) is 0.219. The van der Waals surface area contributed by atoms with E-state index in [0.29, 0.717) is 6.42 Å². The van der Waals surface area contributed by atoms with Gasteiger partial charge in [-0.25, -0.2) is 0 Å². The molecule has 1 heterocycles. The van der Waals surface area contributed by atoms with Gasteiger partial charge in [0.2, 0.25) is 5.91 Å². The van der Waals surface area contributed by atoms with Crippen LogP contribution in [0.25, 0.3) is 23.8 Å². The number of nitrogens with zero attached hydrogens (tertiary/aromatic N) is 1. The van der Waals surface area contributed by atoms with Gasteiger partial charge in [0.1, 0.15) is 0 Å². The lowest BCUT2D eigenvalue weighted by Crippen LogP contribution is -2.31. The summed E-state index contributed by atoms with van der Waals surface area (Å²) in [7, 11) is 0. The molecule has 0 bridgehead atoms. The molecule has 0 atom stereocenters. The minimum absolute atomic E-state index is 0. The topological polar surface area (TPSA) is 32.3 Å². The number of hydrogen-bond acceptors (Lipinski definition) is 2. The Labute approximate surface area is 220 Å². The van der Waals surface area contributed by atoms with E-state index >= 15 is 0 Å². The first kappa shape index (κ1) is 25.7. The maximum atomic E-state index is 11.5. The predicted octanol–water partition coefficient (Wildman–Crippen LogP) is 7.55. The Bertz CT molecular complexity index is 1240. The highest BCUT2D eigenvalue weighted by Gasteiger charge is 2.22. The zero-order chi connectivity index (χ0) is 24.0. The second kappa shape index (κ2) is 12.0. The van der Waals surface area contributed by atoms with Gasteiger partial charge in [0.15, 0.2) is 0 Å². The molecule has 184 valence electrons. The summed E-state index contributed by atoms with van der Waals surface area (Å²) in [5.74, 6) is 0.0415. The maximum Gasteiger partial charge on any atom is 0.224 e. The van der Waals surface area contributed by atoms with Crippen molar-refractivity contribution in [2.75, 3.05) is 25.0 Å². The number of benzene rings is 3. The normalized spacial score (nSPS) is 15.1. The van der Waals surface area contributed by atoms with Gasteiger partial charge in [-0.05, 0) is 58.4 Å². The van der Waals surface area contributed by atoms with Crippen molar-refractivity contribution in [2.45, 2.75) is 26.2 Å². The number of hydrogen-bond donors (Lipinski definition) is 1. The molecule has 3 nitrogen and oxygen atoms in total. The number of anilines is 1. The summed E-state index contributed by atoms with van der Waals surface area (Å²) in [4.78, 5) is 14.1. The van der Waals surface area contributed by atoms with Crippen LogP contribution in [0.4, 0.5) is 5.69 Å². The minimum Gasteiger partial charge on any atom is -0.326 e. The molecular weight excluding hydrogens is 464 g/mol. The predicted molar refractivity (Wildman–Crippen MR) is 155 cm³/mol. The molecule has 5 rings (SSSR count). The Morgan fingerprint density at radius 2 is 1.44 bits per heavy atom. The first-order valence-electron chi connectivity index (χ1n) is 12.6. The van der Waals surface area contributed by atoms with Gasteiger partial charge >= 0.3 is 0 Å². The lowest BCUT2D eigenvalue weighted by atomic mass is 9.86. The monoisotopic (exact) mass is 496 g/mol. The SMILES string of the molecule is CCC(=O)Nc1ccc(C=CCN2CCC(=C3c4ccccc4C=Cc4ccccc43)CC2)cc1.Cl. The van der Waals surface area contributed by atoms with E-state index in [0.717, 1.165) is 43.7 Å². The number of halogens is 1. The van der Waals surface area contributed by atoms with E-state index in [2.05, 4.69) is 95.2 Å². The molecule has 1 amide bonds. The number of amides is 1. The lowest BCUT2D eigenvalue weighted by molar-refractivity contribution is -0.115. The molecule has 0 aromatic heterocycles. The highest BCUT2D eigenvalue weighted by Crippen LogP contribution is 2.38. The van der Waals surface area contributed by atoms with Crippen molar-refractivity contribution in [3.05, 3.63) is 112 Å². The van der Waals surface area contributed by atoms with E-state index in [1.54, 1.807) is 5.57 Å². The van der Waals surface area contributed by atoms with Crippen LogP contribution in [0.3, 0.4) is 0 Å². The third-order valence-corrected chi connectivity index (χ3v) is 6.91. The third-order valence-electron chi connectivity index (χ3n) is 6.91. The van der Waals surface area contributed by atoms with Gasteiger partial charge in [-0.1, -0.05) is 97.5 Å². The summed E-state index contributed by atoms with van der Waals surface area (Å²) >= 11 is 0. The van der Waals surface area contributed by atoms with Crippen molar-refractivity contribution in [2.24, 2.45) is 0 Å². The third kappa shape index (κ3) is 5.87. The van der Waals surface area contributed by atoms with Crippen molar-refractivity contribution >= 4 is 47.8 Å². The Hall–Kier alpha value is -3.40. The zero-order valence-electron chi connectivity index (χ0n) is 20.7. The smallest absolute Gasteiger partial charge is 0.224 e. The lowest BCUT2D eigenvalue weighted by Gasteiger charge is -2.29. The van der Waals surface area contributed by atoms with Gasteiger partial charge in [-0.15, -0.1) is 12.4 Å². The summed E-state index contributed by atoms with van der Waals surface area (Å²) in [5, 5.41) is 2.89. The van der Waals surface area contributed by atoms with Crippen LogP contribution < -0.4 is 5.32 Å². The van der Waals surface area contributed by atoms with Crippen molar-refractivity contribution in [3.8, 4) is 0 Å². The second-order valence-corrected chi connectivity index (χ2v) is 9.21. The van der Waals surface area contributed by atoms with Crippen molar-refractivity contribution in [1.29, 1.82) is 0 Å². The first-order valence-corrected chi connectivity index (χ1v) is 12.6. The van der Waals surface area contributed by atoms with Crippen LogP contribution in [-0.4, -0.2) is 30.4 Å². The summed E-state index contributed by atoms with van der Waals surface area (Å²) in [6.07, 6.45) is 11.6. The van der Waals surface area contributed by atoms with Crippen LogP contribution in [0.2, 0.25) is 0 Å². The number of fused-ring (bicyclic) bond motifs is 2. The fourth-order valence-corrected chi connectivity index (χ4v) is 4.97. The van der Waals surface area contributed by atoms with Crippen LogP contribution in [0.1, 0.15) is 54.0 Å². The van der Waals surface area contributed by atoms with Crippen molar-refractivity contribution in [3.63, 3.8) is 0 Å². The van der Waals surface area contributed by atoms with E-state index in [1.165, 1.54) is 27.8 Å². The van der Waals surface area contributed by atoms with E-state index in [-0.39, 0.29) is 18.3 Å². The van der Waals surface area contributed by atoms with Gasteiger partial charge in [0.05, 0.1) is 0 Å². The molecular formula is C32H33ClN2O. The second-order valence-electron chi connectivity index (χ2n) is 9.21. The van der Waals surface area contributed by atoms with Crippen LogP contribution in [-0.2, 0) is 4.79 Å². The molecule has 1 N–H and O–H groups in total. The molecule has 3 aromatic rings. The molecule has 4 heteroatoms. The number of rotatable bonds is 5. The molecule has 3 aromatic carbocycles. The average Bonchev–Trinajstić information content (AvgIpc) is 3.07. The quantitative estimate of drug-likeness (QED) is 0.309. The van der Waals surface area contributed by atoms with Gasteiger partial charge < -0.3 is 5.32 Å². The summed E-state index contributed by atoms with van der Waals surface area (Å²) < 4.78 is 0. The molecule has 0 unspecified atom stereocenters. The van der Waals surface area contributed by atoms with Crippen LogP contribution in [0.15, 0.2) is 84.4 Å². The number of likely N-dealkylation sites (tertiary alicyclic amines) is 1. The Balaban J connectivity index is 0.00000304. The molecule has 1 saturated heterocycles. The summed E-state index contributed by atoms with van der Waals surface area (Å²) in [5.41, 5.74) is 10.3. The molecule has 1 aliphatic heterocycles.